The predicted octanol–water partition coefficient (Wildman–Crippen LogP) is 2.51. The summed E-state index contributed by atoms with van der Waals surface area (Å²) >= 11 is 1.67. The van der Waals surface area contributed by atoms with Crippen LogP contribution in [0.3, 0.4) is 0 Å². The van der Waals surface area contributed by atoms with Gasteiger partial charge in [-0.15, -0.1) is 11.3 Å². The van der Waals surface area contributed by atoms with E-state index in [1.165, 1.54) is 23.4 Å². The molecule has 6 nitrogen and oxygen atoms in total. The molecule has 2 amide bonds. The van der Waals surface area contributed by atoms with Crippen LogP contribution in [0.5, 0.6) is 0 Å². The third-order valence-corrected chi connectivity index (χ3v) is 7.29. The van der Waals surface area contributed by atoms with E-state index in [-0.39, 0.29) is 6.03 Å². The first-order valence-corrected chi connectivity index (χ1v) is 10.9. The molecule has 144 valence electrons. The maximum Gasteiger partial charge on any atom is 0.323 e. The second kappa shape index (κ2) is 7.82. The van der Waals surface area contributed by atoms with Gasteiger partial charge in [-0.3, -0.25) is 10.2 Å². The molecule has 0 aromatic carbocycles. The van der Waals surface area contributed by atoms with Crippen molar-refractivity contribution < 1.29 is 4.79 Å². The number of hydrogen-bond donors (Lipinski definition) is 1. The minimum absolute atomic E-state index is 0.0276. The molecule has 0 bridgehead atoms. The van der Waals surface area contributed by atoms with Gasteiger partial charge in [-0.05, 0) is 45.1 Å². The van der Waals surface area contributed by atoms with Crippen molar-refractivity contribution in [3.8, 4) is 0 Å². The van der Waals surface area contributed by atoms with Crippen LogP contribution >= 0.6 is 11.3 Å². The van der Waals surface area contributed by atoms with Crippen molar-refractivity contribution >= 4 is 22.5 Å². The summed E-state index contributed by atoms with van der Waals surface area (Å²) in [5, 5.41) is 3.85. The highest BCUT2D eigenvalue weighted by Gasteiger charge is 2.33. The van der Waals surface area contributed by atoms with E-state index in [2.05, 4.69) is 34.1 Å². The summed E-state index contributed by atoms with van der Waals surface area (Å²) in [7, 11) is 2.20. The molecule has 2 atom stereocenters. The molecule has 1 aliphatic carbocycles. The van der Waals surface area contributed by atoms with Crippen molar-refractivity contribution in [2.75, 3.05) is 51.6 Å². The Morgan fingerprint density at radius 1 is 1.15 bits per heavy atom. The summed E-state index contributed by atoms with van der Waals surface area (Å²) in [6, 6.07) is 0.639. The number of anilines is 1. The van der Waals surface area contributed by atoms with Crippen LogP contribution in [-0.4, -0.2) is 78.1 Å². The Balaban J connectivity index is 1.31. The van der Waals surface area contributed by atoms with Gasteiger partial charge in [0.15, 0.2) is 5.13 Å². The van der Waals surface area contributed by atoms with E-state index in [1.54, 1.807) is 11.3 Å². The highest BCUT2D eigenvalue weighted by Crippen LogP contribution is 2.30. The number of likely N-dealkylation sites (N-methyl/N-ethyl adjacent to an activating group) is 1. The zero-order valence-corrected chi connectivity index (χ0v) is 16.9. The van der Waals surface area contributed by atoms with E-state index in [1.807, 2.05) is 4.90 Å². The molecule has 1 aromatic heterocycles. The molecular formula is C19H31N5OS. The molecule has 0 saturated carbocycles. The molecule has 3 heterocycles. The van der Waals surface area contributed by atoms with Crippen molar-refractivity contribution in [1.82, 2.24) is 19.7 Å². The Bertz CT molecular complexity index is 616. The number of nitrogens with one attached hydrogen (secondary N) is 1. The van der Waals surface area contributed by atoms with Gasteiger partial charge in [-0.1, -0.05) is 6.92 Å². The van der Waals surface area contributed by atoms with E-state index >= 15 is 0 Å². The molecule has 7 heteroatoms. The van der Waals surface area contributed by atoms with E-state index in [0.717, 1.165) is 63.7 Å². The van der Waals surface area contributed by atoms with Gasteiger partial charge in [0.05, 0.1) is 5.69 Å². The summed E-state index contributed by atoms with van der Waals surface area (Å²) in [5.74, 6) is 0.516. The van der Waals surface area contributed by atoms with Gasteiger partial charge in [0.2, 0.25) is 0 Å². The number of carbonyl (C=O) groups excluding carboxylic acids is 1. The average Bonchev–Trinajstić information content (AvgIpc) is 3.04. The van der Waals surface area contributed by atoms with E-state index < -0.39 is 0 Å². The first-order valence-electron chi connectivity index (χ1n) is 10.1. The lowest BCUT2D eigenvalue weighted by atomic mass is 9.92. The van der Waals surface area contributed by atoms with Crippen molar-refractivity contribution in [2.45, 2.75) is 45.1 Å². The van der Waals surface area contributed by atoms with Gasteiger partial charge in [0.1, 0.15) is 0 Å². The number of fused-ring (bicyclic) bond motifs is 1. The van der Waals surface area contributed by atoms with Crippen LogP contribution in [0.2, 0.25) is 0 Å². The number of piperidine rings is 1. The van der Waals surface area contributed by atoms with E-state index in [0.29, 0.717) is 12.0 Å². The number of likely N-dealkylation sites (tertiary alicyclic amines) is 1. The summed E-state index contributed by atoms with van der Waals surface area (Å²) in [4.78, 5) is 25.7. The monoisotopic (exact) mass is 377 g/mol. The molecule has 26 heavy (non-hydrogen) atoms. The van der Waals surface area contributed by atoms with Crippen molar-refractivity contribution in [3.63, 3.8) is 0 Å². The second-order valence-corrected chi connectivity index (χ2v) is 9.23. The largest absolute Gasteiger partial charge is 0.324 e. The van der Waals surface area contributed by atoms with Crippen LogP contribution in [0.1, 0.15) is 36.8 Å². The van der Waals surface area contributed by atoms with Crippen molar-refractivity contribution in [3.05, 3.63) is 10.6 Å². The van der Waals surface area contributed by atoms with Gasteiger partial charge in [0.25, 0.3) is 0 Å². The summed E-state index contributed by atoms with van der Waals surface area (Å²) in [6.07, 6.45) is 5.74. The lowest BCUT2D eigenvalue weighted by Gasteiger charge is -2.45. The molecular weight excluding hydrogens is 346 g/mol. The third kappa shape index (κ3) is 3.89. The van der Waals surface area contributed by atoms with E-state index in [4.69, 9.17) is 0 Å². The molecule has 1 aromatic rings. The number of rotatable bonds is 2. The Labute approximate surface area is 160 Å². The second-order valence-electron chi connectivity index (χ2n) is 8.14. The number of amides is 2. The molecule has 0 radical (unpaired) electrons. The van der Waals surface area contributed by atoms with Crippen LogP contribution in [0.15, 0.2) is 0 Å². The normalized spacial score (nSPS) is 28.0. The standard InChI is InChI=1S/C19H31N5OS/c1-14-13-24(8-7-16(14)23-11-9-22(2)10-12-23)19(25)21-18-20-15-5-3-4-6-17(15)26-18/h14,16H,3-13H2,1-2H3,(H,20,21,25). The Morgan fingerprint density at radius 2 is 1.92 bits per heavy atom. The SMILES string of the molecule is CC1CN(C(=O)Nc2nc3c(s2)CCCC3)CCC1N1CCN(C)CC1. The minimum Gasteiger partial charge on any atom is -0.324 e. The molecule has 4 rings (SSSR count). The molecule has 2 saturated heterocycles. The van der Waals surface area contributed by atoms with Gasteiger partial charge in [0, 0.05) is 50.2 Å². The van der Waals surface area contributed by atoms with Crippen LogP contribution in [0.25, 0.3) is 0 Å². The van der Waals surface area contributed by atoms with Gasteiger partial charge in [-0.2, -0.15) is 0 Å². The fourth-order valence-electron chi connectivity index (χ4n) is 4.59. The Hall–Kier alpha value is -1.18. The molecule has 2 aliphatic heterocycles. The molecule has 1 N–H and O–H groups in total. The number of piperazine rings is 1. The molecule has 3 aliphatic rings. The maximum absolute atomic E-state index is 12.7. The van der Waals surface area contributed by atoms with Crippen molar-refractivity contribution in [1.29, 1.82) is 0 Å². The molecule has 0 spiro atoms. The van der Waals surface area contributed by atoms with Crippen LogP contribution in [0.4, 0.5) is 9.93 Å². The van der Waals surface area contributed by atoms with Crippen LogP contribution < -0.4 is 5.32 Å². The zero-order chi connectivity index (χ0) is 18.1. The number of thiazole rings is 1. The van der Waals surface area contributed by atoms with Crippen LogP contribution in [-0.2, 0) is 12.8 Å². The smallest absolute Gasteiger partial charge is 0.323 e. The first-order chi connectivity index (χ1) is 12.6. The van der Waals surface area contributed by atoms with Gasteiger partial charge in [-0.25, -0.2) is 9.78 Å². The maximum atomic E-state index is 12.7. The molecule has 2 unspecified atom stereocenters. The molecule has 2 fully saturated rings. The highest BCUT2D eigenvalue weighted by atomic mass is 32.1. The fraction of sp³-hybridized carbons (Fsp3) is 0.789. The zero-order valence-electron chi connectivity index (χ0n) is 16.0. The third-order valence-electron chi connectivity index (χ3n) is 6.21. The number of carbonyl (C=O) groups is 1. The lowest BCUT2D eigenvalue weighted by molar-refractivity contribution is 0.0458. The quantitative estimate of drug-likeness (QED) is 0.860. The van der Waals surface area contributed by atoms with Crippen LogP contribution in [0, 0.1) is 5.92 Å². The Morgan fingerprint density at radius 3 is 2.65 bits per heavy atom. The summed E-state index contributed by atoms with van der Waals surface area (Å²) < 4.78 is 0. The first kappa shape index (κ1) is 18.2. The van der Waals surface area contributed by atoms with E-state index in [9.17, 15) is 4.79 Å². The number of aryl methyl sites for hydroxylation is 2. The minimum atomic E-state index is 0.0276. The summed E-state index contributed by atoms with van der Waals surface area (Å²) in [6.45, 7) is 8.60. The number of aromatic nitrogens is 1. The number of nitrogens with zero attached hydrogens (tertiary/aromatic N) is 4. The predicted molar refractivity (Wildman–Crippen MR) is 106 cm³/mol. The van der Waals surface area contributed by atoms with Crippen molar-refractivity contribution in [2.24, 2.45) is 5.92 Å². The van der Waals surface area contributed by atoms with Gasteiger partial charge >= 0.3 is 6.03 Å². The lowest BCUT2D eigenvalue weighted by Crippen LogP contribution is -2.56. The summed E-state index contributed by atoms with van der Waals surface area (Å²) in [5.41, 5.74) is 1.21. The topological polar surface area (TPSA) is 51.7 Å². The average molecular weight is 378 g/mol. The number of hydrogen-bond acceptors (Lipinski definition) is 5. The van der Waals surface area contributed by atoms with Gasteiger partial charge < -0.3 is 9.80 Å². The highest BCUT2D eigenvalue weighted by molar-refractivity contribution is 7.15. The fourth-order valence-corrected chi connectivity index (χ4v) is 5.63. The Kier molecular flexibility index (Phi) is 5.47. The number of urea groups is 1.